The minimum atomic E-state index is -4.53. The number of rotatable bonds is 6. The molecule has 5 nitrogen and oxygen atoms in total. The second-order valence-corrected chi connectivity index (χ2v) is 4.59. The lowest BCUT2D eigenvalue weighted by Gasteiger charge is -2.21. The Morgan fingerprint density at radius 3 is 2.62 bits per heavy atom. The summed E-state index contributed by atoms with van der Waals surface area (Å²) in [6.07, 6.45) is -3.75. The van der Waals surface area contributed by atoms with Crippen molar-refractivity contribution in [2.24, 2.45) is 5.73 Å². The van der Waals surface area contributed by atoms with Crippen molar-refractivity contribution in [1.82, 2.24) is 10.3 Å². The van der Waals surface area contributed by atoms with Crippen LogP contribution in [0.3, 0.4) is 0 Å². The summed E-state index contributed by atoms with van der Waals surface area (Å²) < 4.78 is 38.1. The highest BCUT2D eigenvalue weighted by Crippen LogP contribution is 2.30. The summed E-state index contributed by atoms with van der Waals surface area (Å²) in [5, 5.41) is 2.65. The first kappa shape index (κ1) is 17.2. The molecule has 1 aromatic rings. The first-order chi connectivity index (χ1) is 9.79. The lowest BCUT2D eigenvalue weighted by molar-refractivity contribution is -0.141. The van der Waals surface area contributed by atoms with Gasteiger partial charge in [-0.1, -0.05) is 13.0 Å². The van der Waals surface area contributed by atoms with Crippen LogP contribution in [-0.4, -0.2) is 31.0 Å². The number of hydrogen-bond acceptors (Lipinski definition) is 4. The van der Waals surface area contributed by atoms with E-state index in [1.165, 1.54) is 18.0 Å². The van der Waals surface area contributed by atoms with Crippen molar-refractivity contribution in [3.63, 3.8) is 0 Å². The molecule has 0 atom stereocenters. The van der Waals surface area contributed by atoms with Gasteiger partial charge in [0.1, 0.15) is 11.5 Å². The van der Waals surface area contributed by atoms with Gasteiger partial charge in [-0.25, -0.2) is 4.98 Å². The Morgan fingerprint density at radius 1 is 1.43 bits per heavy atom. The maximum Gasteiger partial charge on any atom is 0.433 e. The van der Waals surface area contributed by atoms with Crippen LogP contribution < -0.4 is 16.0 Å². The molecule has 8 heteroatoms. The third kappa shape index (κ3) is 4.89. The number of hydrogen-bond donors (Lipinski definition) is 2. The molecule has 1 heterocycles. The number of alkyl halides is 3. The SMILES string of the molecule is CCCNC(=O)CN(C)c1nc(C(F)(F)F)ccc1CN. The highest BCUT2D eigenvalue weighted by Gasteiger charge is 2.33. The summed E-state index contributed by atoms with van der Waals surface area (Å²) in [5.74, 6) is -0.208. The second-order valence-electron chi connectivity index (χ2n) is 4.59. The first-order valence-corrected chi connectivity index (χ1v) is 6.54. The maximum absolute atomic E-state index is 12.7. The summed E-state index contributed by atoms with van der Waals surface area (Å²) in [6.45, 7) is 2.39. The van der Waals surface area contributed by atoms with Gasteiger partial charge in [-0.05, 0) is 12.5 Å². The quantitative estimate of drug-likeness (QED) is 0.836. The van der Waals surface area contributed by atoms with Crippen LogP contribution >= 0.6 is 0 Å². The number of aromatic nitrogens is 1. The lowest BCUT2D eigenvalue weighted by Crippen LogP contribution is -2.36. The van der Waals surface area contributed by atoms with E-state index in [4.69, 9.17) is 5.73 Å². The molecule has 1 rings (SSSR count). The Hall–Kier alpha value is -1.83. The van der Waals surface area contributed by atoms with E-state index in [0.717, 1.165) is 12.5 Å². The topological polar surface area (TPSA) is 71.2 Å². The molecular formula is C13H19F3N4O. The summed E-state index contributed by atoms with van der Waals surface area (Å²) in [7, 11) is 1.51. The zero-order valence-electron chi connectivity index (χ0n) is 12.0. The number of anilines is 1. The lowest BCUT2D eigenvalue weighted by atomic mass is 10.2. The van der Waals surface area contributed by atoms with Crippen LogP contribution in [0.5, 0.6) is 0 Å². The number of nitrogens with two attached hydrogens (primary N) is 1. The van der Waals surface area contributed by atoms with E-state index in [-0.39, 0.29) is 24.8 Å². The Balaban J connectivity index is 2.95. The van der Waals surface area contributed by atoms with E-state index in [2.05, 4.69) is 10.3 Å². The zero-order chi connectivity index (χ0) is 16.0. The van der Waals surface area contributed by atoms with Gasteiger partial charge in [0.15, 0.2) is 0 Å². The van der Waals surface area contributed by atoms with Crippen molar-refractivity contribution in [2.45, 2.75) is 26.1 Å². The third-order valence-corrected chi connectivity index (χ3v) is 2.78. The molecule has 0 bridgehead atoms. The Kier molecular flexibility index (Phi) is 5.95. The van der Waals surface area contributed by atoms with Crippen LogP contribution in [0.15, 0.2) is 12.1 Å². The molecule has 0 aromatic carbocycles. The molecule has 0 saturated heterocycles. The predicted molar refractivity (Wildman–Crippen MR) is 73.7 cm³/mol. The second kappa shape index (κ2) is 7.26. The van der Waals surface area contributed by atoms with E-state index in [1.807, 2.05) is 6.92 Å². The molecule has 1 aromatic heterocycles. The largest absolute Gasteiger partial charge is 0.433 e. The van der Waals surface area contributed by atoms with Gasteiger partial charge in [-0.3, -0.25) is 4.79 Å². The molecule has 118 valence electrons. The Labute approximate surface area is 121 Å². The molecule has 0 spiro atoms. The fourth-order valence-corrected chi connectivity index (χ4v) is 1.74. The fraction of sp³-hybridized carbons (Fsp3) is 0.538. The number of carbonyl (C=O) groups is 1. The summed E-state index contributed by atoms with van der Waals surface area (Å²) in [6, 6.07) is 2.17. The number of amides is 1. The van der Waals surface area contributed by atoms with Crippen LogP contribution in [0.1, 0.15) is 24.6 Å². The van der Waals surface area contributed by atoms with Gasteiger partial charge >= 0.3 is 6.18 Å². The molecule has 21 heavy (non-hydrogen) atoms. The van der Waals surface area contributed by atoms with Crippen LogP contribution in [0.2, 0.25) is 0 Å². The summed E-state index contributed by atoms with van der Waals surface area (Å²) in [5.41, 5.74) is 4.96. The highest BCUT2D eigenvalue weighted by molar-refractivity contribution is 5.81. The molecule has 1 amide bonds. The third-order valence-electron chi connectivity index (χ3n) is 2.78. The van der Waals surface area contributed by atoms with Gasteiger partial charge in [0.25, 0.3) is 0 Å². The highest BCUT2D eigenvalue weighted by atomic mass is 19.4. The summed E-state index contributed by atoms with van der Waals surface area (Å²) in [4.78, 5) is 16.6. The van der Waals surface area contributed by atoms with Gasteiger partial charge < -0.3 is 16.0 Å². The smallest absolute Gasteiger partial charge is 0.355 e. The van der Waals surface area contributed by atoms with Gasteiger partial charge in [0.2, 0.25) is 5.91 Å². The maximum atomic E-state index is 12.7. The Bertz CT molecular complexity index is 491. The van der Waals surface area contributed by atoms with Gasteiger partial charge in [0, 0.05) is 25.7 Å². The van der Waals surface area contributed by atoms with Crippen molar-refractivity contribution >= 4 is 11.7 Å². The molecule has 0 aliphatic heterocycles. The normalized spacial score (nSPS) is 11.3. The number of nitrogens with one attached hydrogen (secondary N) is 1. The molecule has 0 radical (unpaired) electrons. The first-order valence-electron chi connectivity index (χ1n) is 6.54. The number of likely N-dealkylation sites (N-methyl/N-ethyl adjacent to an activating group) is 1. The van der Waals surface area contributed by atoms with E-state index in [9.17, 15) is 18.0 Å². The standard InChI is InChI=1S/C13H19F3N4O/c1-3-6-18-11(21)8-20(2)12-9(7-17)4-5-10(19-12)13(14,15)16/h4-5H,3,6-8,17H2,1-2H3,(H,18,21). The minimum absolute atomic E-state index is 0.0430. The number of halogens is 3. The van der Waals surface area contributed by atoms with Gasteiger partial charge in [-0.2, -0.15) is 13.2 Å². The number of nitrogens with zero attached hydrogens (tertiary/aromatic N) is 2. The molecule has 0 aliphatic rings. The Morgan fingerprint density at radius 2 is 2.10 bits per heavy atom. The van der Waals surface area contributed by atoms with Crippen LogP contribution in [0, 0.1) is 0 Å². The van der Waals surface area contributed by atoms with E-state index < -0.39 is 11.9 Å². The van der Waals surface area contributed by atoms with Crippen molar-refractivity contribution < 1.29 is 18.0 Å². The van der Waals surface area contributed by atoms with E-state index in [0.29, 0.717) is 12.1 Å². The average Bonchev–Trinajstić information content (AvgIpc) is 2.43. The minimum Gasteiger partial charge on any atom is -0.355 e. The van der Waals surface area contributed by atoms with Crippen LogP contribution in [0.4, 0.5) is 19.0 Å². The van der Waals surface area contributed by atoms with Crippen molar-refractivity contribution in [3.8, 4) is 0 Å². The van der Waals surface area contributed by atoms with Gasteiger partial charge in [-0.15, -0.1) is 0 Å². The van der Waals surface area contributed by atoms with E-state index in [1.54, 1.807) is 0 Å². The molecule has 0 fully saturated rings. The molecule has 0 unspecified atom stereocenters. The molecule has 0 aliphatic carbocycles. The predicted octanol–water partition coefficient (Wildman–Crippen LogP) is 1.52. The van der Waals surface area contributed by atoms with Crippen molar-refractivity contribution in [1.29, 1.82) is 0 Å². The fourth-order valence-electron chi connectivity index (χ4n) is 1.74. The van der Waals surface area contributed by atoms with Gasteiger partial charge in [0.05, 0.1) is 6.54 Å². The van der Waals surface area contributed by atoms with Crippen molar-refractivity contribution in [2.75, 3.05) is 25.0 Å². The molecular weight excluding hydrogens is 285 g/mol. The monoisotopic (exact) mass is 304 g/mol. The van der Waals surface area contributed by atoms with Crippen molar-refractivity contribution in [3.05, 3.63) is 23.4 Å². The number of pyridine rings is 1. The van der Waals surface area contributed by atoms with Crippen LogP contribution in [-0.2, 0) is 17.5 Å². The molecule has 0 saturated carbocycles. The number of carbonyl (C=O) groups excluding carboxylic acids is 1. The molecule has 3 N–H and O–H groups in total. The summed E-state index contributed by atoms with van der Waals surface area (Å²) >= 11 is 0. The van der Waals surface area contributed by atoms with Crippen LogP contribution in [0.25, 0.3) is 0 Å². The average molecular weight is 304 g/mol. The zero-order valence-corrected chi connectivity index (χ0v) is 12.0. The van der Waals surface area contributed by atoms with E-state index >= 15 is 0 Å².